The highest BCUT2D eigenvalue weighted by Crippen LogP contribution is 2.25. The van der Waals surface area contributed by atoms with E-state index in [4.69, 9.17) is 4.74 Å². The molecule has 8 heteroatoms. The van der Waals surface area contributed by atoms with Crippen molar-refractivity contribution in [2.75, 3.05) is 25.5 Å². The van der Waals surface area contributed by atoms with Crippen LogP contribution >= 0.6 is 0 Å². The van der Waals surface area contributed by atoms with Crippen molar-refractivity contribution < 1.29 is 22.3 Å². The van der Waals surface area contributed by atoms with Gasteiger partial charge in [-0.3, -0.25) is 4.79 Å². The van der Waals surface area contributed by atoms with Crippen LogP contribution in [0, 0.1) is 11.7 Å². The molecular formula is C20H23FN2O4S. The predicted octanol–water partition coefficient (Wildman–Crippen LogP) is 3.51. The fourth-order valence-electron chi connectivity index (χ4n) is 3.09. The number of hydrogen-bond donors (Lipinski definition) is 1. The number of halogens is 1. The van der Waals surface area contributed by atoms with Gasteiger partial charge in [-0.25, -0.2) is 12.8 Å². The molecular weight excluding hydrogens is 383 g/mol. The van der Waals surface area contributed by atoms with E-state index in [0.29, 0.717) is 30.4 Å². The minimum absolute atomic E-state index is 0.0802. The number of benzene rings is 2. The SMILES string of the molecule is COc1ccc(NC(=O)c2cc(S(=O)(=O)N3CCC(C)CC3)ccc2F)cc1. The quantitative estimate of drug-likeness (QED) is 0.825. The molecule has 1 aliphatic heterocycles. The third kappa shape index (κ3) is 4.34. The molecule has 1 saturated heterocycles. The first kappa shape index (κ1) is 20.3. The van der Waals surface area contributed by atoms with Crippen LogP contribution in [0.4, 0.5) is 10.1 Å². The van der Waals surface area contributed by atoms with Gasteiger partial charge >= 0.3 is 0 Å². The highest BCUT2D eigenvalue weighted by Gasteiger charge is 2.29. The molecule has 150 valence electrons. The van der Waals surface area contributed by atoms with Crippen molar-refractivity contribution in [3.63, 3.8) is 0 Å². The molecule has 2 aromatic carbocycles. The second-order valence-electron chi connectivity index (χ2n) is 6.91. The summed E-state index contributed by atoms with van der Waals surface area (Å²) in [6, 6.07) is 9.86. The van der Waals surface area contributed by atoms with Crippen LogP contribution in [0.3, 0.4) is 0 Å². The molecule has 0 radical (unpaired) electrons. The third-order valence-electron chi connectivity index (χ3n) is 4.91. The van der Waals surface area contributed by atoms with E-state index in [-0.39, 0.29) is 10.5 Å². The van der Waals surface area contributed by atoms with E-state index in [1.54, 1.807) is 24.3 Å². The van der Waals surface area contributed by atoms with E-state index in [0.717, 1.165) is 25.0 Å². The van der Waals surface area contributed by atoms with Crippen LogP contribution in [0.1, 0.15) is 30.1 Å². The molecule has 6 nitrogen and oxygen atoms in total. The summed E-state index contributed by atoms with van der Waals surface area (Å²) in [4.78, 5) is 12.4. The van der Waals surface area contributed by atoms with Crippen LogP contribution in [0.15, 0.2) is 47.4 Å². The molecule has 1 heterocycles. The first-order chi connectivity index (χ1) is 13.3. The Kier molecular flexibility index (Phi) is 6.00. The second kappa shape index (κ2) is 8.28. The fraction of sp³-hybridized carbons (Fsp3) is 0.350. The summed E-state index contributed by atoms with van der Waals surface area (Å²) >= 11 is 0. The number of nitrogens with one attached hydrogen (secondary N) is 1. The van der Waals surface area contributed by atoms with Crippen molar-refractivity contribution in [1.82, 2.24) is 4.31 Å². The van der Waals surface area contributed by atoms with Crippen molar-refractivity contribution in [2.24, 2.45) is 5.92 Å². The molecule has 0 spiro atoms. The number of carbonyl (C=O) groups excluding carboxylic acids is 1. The normalized spacial score (nSPS) is 16.0. The molecule has 0 aliphatic carbocycles. The standard InChI is InChI=1S/C20H23FN2O4S/c1-14-9-11-23(12-10-14)28(25,26)17-7-8-19(21)18(13-17)20(24)22-15-3-5-16(27-2)6-4-15/h3-8,13-14H,9-12H2,1-2H3,(H,22,24). The Morgan fingerprint density at radius 1 is 1.14 bits per heavy atom. The number of piperidine rings is 1. The summed E-state index contributed by atoms with van der Waals surface area (Å²) in [7, 11) is -2.24. The second-order valence-corrected chi connectivity index (χ2v) is 8.85. The molecule has 0 unspecified atom stereocenters. The van der Waals surface area contributed by atoms with Gasteiger partial charge in [0.2, 0.25) is 10.0 Å². The number of amides is 1. The molecule has 1 fully saturated rings. The Morgan fingerprint density at radius 3 is 2.39 bits per heavy atom. The lowest BCUT2D eigenvalue weighted by Gasteiger charge is -2.29. The number of rotatable bonds is 5. The zero-order valence-corrected chi connectivity index (χ0v) is 16.6. The van der Waals surface area contributed by atoms with E-state index < -0.39 is 21.7 Å². The lowest BCUT2D eigenvalue weighted by atomic mass is 10.0. The van der Waals surface area contributed by atoms with Gasteiger partial charge in [-0.1, -0.05) is 6.92 Å². The van der Waals surface area contributed by atoms with Gasteiger partial charge in [-0.05, 0) is 61.2 Å². The molecule has 1 amide bonds. The Labute approximate surface area is 164 Å². The van der Waals surface area contributed by atoms with Crippen molar-refractivity contribution in [1.29, 1.82) is 0 Å². The number of hydrogen-bond acceptors (Lipinski definition) is 4. The Hall–Kier alpha value is -2.45. The Bertz CT molecular complexity index is 953. The van der Waals surface area contributed by atoms with Gasteiger partial charge in [0.05, 0.1) is 17.6 Å². The number of sulfonamides is 1. The molecule has 0 bridgehead atoms. The van der Waals surface area contributed by atoms with Crippen molar-refractivity contribution in [2.45, 2.75) is 24.7 Å². The number of anilines is 1. The largest absolute Gasteiger partial charge is 0.497 e. The molecule has 1 N–H and O–H groups in total. The molecule has 28 heavy (non-hydrogen) atoms. The average molecular weight is 406 g/mol. The topological polar surface area (TPSA) is 75.7 Å². The Morgan fingerprint density at radius 2 is 1.79 bits per heavy atom. The fourth-order valence-corrected chi connectivity index (χ4v) is 4.58. The van der Waals surface area contributed by atoms with E-state index >= 15 is 0 Å². The van der Waals surface area contributed by atoms with Crippen molar-refractivity contribution in [3.8, 4) is 5.75 Å². The van der Waals surface area contributed by atoms with Crippen LogP contribution in [-0.4, -0.2) is 38.8 Å². The van der Waals surface area contributed by atoms with Gasteiger partial charge in [-0.15, -0.1) is 0 Å². The molecule has 2 aromatic rings. The molecule has 0 aromatic heterocycles. The summed E-state index contributed by atoms with van der Waals surface area (Å²) in [5.41, 5.74) is 0.130. The summed E-state index contributed by atoms with van der Waals surface area (Å²) < 4.78 is 46.4. The third-order valence-corrected chi connectivity index (χ3v) is 6.81. The first-order valence-electron chi connectivity index (χ1n) is 9.06. The maximum Gasteiger partial charge on any atom is 0.258 e. The van der Waals surface area contributed by atoms with Gasteiger partial charge in [0.15, 0.2) is 0 Å². The summed E-state index contributed by atoms with van der Waals surface area (Å²) in [6.07, 6.45) is 1.57. The van der Waals surface area contributed by atoms with Gasteiger partial charge in [-0.2, -0.15) is 4.31 Å². The predicted molar refractivity (Wildman–Crippen MR) is 105 cm³/mol. The minimum Gasteiger partial charge on any atom is -0.497 e. The van der Waals surface area contributed by atoms with Crippen LogP contribution in [-0.2, 0) is 10.0 Å². The van der Waals surface area contributed by atoms with Gasteiger partial charge in [0.25, 0.3) is 5.91 Å². The van der Waals surface area contributed by atoms with E-state index in [1.165, 1.54) is 17.5 Å². The minimum atomic E-state index is -3.77. The molecule has 3 rings (SSSR count). The molecule has 0 atom stereocenters. The van der Waals surface area contributed by atoms with Gasteiger partial charge in [0, 0.05) is 18.8 Å². The van der Waals surface area contributed by atoms with Crippen molar-refractivity contribution in [3.05, 3.63) is 53.8 Å². The summed E-state index contributed by atoms with van der Waals surface area (Å²) in [6.45, 7) is 2.94. The summed E-state index contributed by atoms with van der Waals surface area (Å²) in [5, 5.41) is 2.57. The van der Waals surface area contributed by atoms with E-state index in [1.807, 2.05) is 0 Å². The lowest BCUT2D eigenvalue weighted by molar-refractivity contribution is 0.102. The average Bonchev–Trinajstić information content (AvgIpc) is 2.69. The highest BCUT2D eigenvalue weighted by atomic mass is 32.2. The van der Waals surface area contributed by atoms with Crippen LogP contribution in [0.5, 0.6) is 5.75 Å². The maximum absolute atomic E-state index is 14.2. The number of methoxy groups -OCH3 is 1. The summed E-state index contributed by atoms with van der Waals surface area (Å²) in [5.74, 6) is -0.400. The monoisotopic (exact) mass is 406 g/mol. The van der Waals surface area contributed by atoms with Crippen molar-refractivity contribution >= 4 is 21.6 Å². The number of ether oxygens (including phenoxy) is 1. The lowest BCUT2D eigenvalue weighted by Crippen LogP contribution is -2.38. The van der Waals surface area contributed by atoms with Crippen LogP contribution in [0.25, 0.3) is 0 Å². The number of carbonyl (C=O) groups is 1. The van der Waals surface area contributed by atoms with Gasteiger partial charge < -0.3 is 10.1 Å². The first-order valence-corrected chi connectivity index (χ1v) is 10.5. The highest BCUT2D eigenvalue weighted by molar-refractivity contribution is 7.89. The van der Waals surface area contributed by atoms with E-state index in [9.17, 15) is 17.6 Å². The van der Waals surface area contributed by atoms with Gasteiger partial charge in [0.1, 0.15) is 11.6 Å². The zero-order chi connectivity index (χ0) is 20.3. The zero-order valence-electron chi connectivity index (χ0n) is 15.8. The maximum atomic E-state index is 14.2. The number of nitrogens with zero attached hydrogens (tertiary/aromatic N) is 1. The Balaban J connectivity index is 1.83. The van der Waals surface area contributed by atoms with E-state index in [2.05, 4.69) is 12.2 Å². The van der Waals surface area contributed by atoms with Crippen LogP contribution < -0.4 is 10.1 Å². The molecule has 1 aliphatic rings. The molecule has 0 saturated carbocycles. The smallest absolute Gasteiger partial charge is 0.258 e. The van der Waals surface area contributed by atoms with Crippen LogP contribution in [0.2, 0.25) is 0 Å².